The molecular formula is C16H30S. The van der Waals surface area contributed by atoms with Gasteiger partial charge in [0.05, 0.1) is 0 Å². The molecule has 0 nitrogen and oxygen atoms in total. The Bertz CT molecular complexity index is 209. The number of hydrogen-bond acceptors (Lipinski definition) is 1. The van der Waals surface area contributed by atoms with E-state index in [0.717, 1.165) is 0 Å². The first-order chi connectivity index (χ1) is 8.35. The summed E-state index contributed by atoms with van der Waals surface area (Å²) in [5, 5.41) is 4.42. The van der Waals surface area contributed by atoms with Gasteiger partial charge in [0.25, 0.3) is 0 Å². The normalized spacial score (nSPS) is 9.82. The first kappa shape index (κ1) is 16.7. The van der Waals surface area contributed by atoms with E-state index in [4.69, 9.17) is 0 Å². The maximum Gasteiger partial charge on any atom is -0.00613 e. The molecule has 0 bridgehead atoms. The molecule has 0 saturated heterocycles. The number of hydrogen-bond donors (Lipinski definition) is 0. The average molecular weight is 254 g/mol. The van der Waals surface area contributed by atoms with E-state index in [1.807, 2.05) is 0 Å². The molecule has 1 rings (SSSR count). The average Bonchev–Trinajstić information content (AvgIpc) is 2.86. The quantitative estimate of drug-likeness (QED) is 0.467. The minimum atomic E-state index is 1.28. The van der Waals surface area contributed by atoms with E-state index in [1.54, 1.807) is 11.3 Å². The summed E-state index contributed by atoms with van der Waals surface area (Å²) in [4.78, 5) is 0. The molecule has 0 aliphatic heterocycles. The highest BCUT2D eigenvalue weighted by molar-refractivity contribution is 7.07. The molecule has 1 heterocycles. The second kappa shape index (κ2) is 13.8. The number of unbranched alkanes of at least 4 members (excludes halogenated alkanes) is 6. The predicted molar refractivity (Wildman–Crippen MR) is 82.0 cm³/mol. The maximum absolute atomic E-state index is 2.26. The zero-order chi connectivity index (χ0) is 12.8. The van der Waals surface area contributed by atoms with Gasteiger partial charge in [-0.05, 0) is 35.2 Å². The predicted octanol–water partition coefficient (Wildman–Crippen LogP) is 6.46. The fourth-order valence-corrected chi connectivity index (χ4v) is 2.39. The van der Waals surface area contributed by atoms with Crippen molar-refractivity contribution in [1.82, 2.24) is 0 Å². The van der Waals surface area contributed by atoms with Crippen LogP contribution in [0, 0.1) is 0 Å². The van der Waals surface area contributed by atoms with Crippen LogP contribution < -0.4 is 0 Å². The summed E-state index contributed by atoms with van der Waals surface area (Å²) >= 11 is 1.80. The summed E-state index contributed by atoms with van der Waals surface area (Å²) in [7, 11) is 0. The molecule has 17 heavy (non-hydrogen) atoms. The lowest BCUT2D eigenvalue weighted by molar-refractivity contribution is 0.667. The van der Waals surface area contributed by atoms with Crippen molar-refractivity contribution in [3.05, 3.63) is 22.4 Å². The third kappa shape index (κ3) is 12.0. The molecule has 1 aromatic rings. The molecule has 0 aromatic carbocycles. The van der Waals surface area contributed by atoms with Crippen LogP contribution in [0.5, 0.6) is 0 Å². The molecule has 0 atom stereocenters. The molecule has 0 radical (unpaired) electrons. The van der Waals surface area contributed by atoms with E-state index in [0.29, 0.717) is 0 Å². The van der Waals surface area contributed by atoms with Crippen molar-refractivity contribution in [3.63, 3.8) is 0 Å². The summed E-state index contributed by atoms with van der Waals surface area (Å²) in [5.74, 6) is 0. The summed E-state index contributed by atoms with van der Waals surface area (Å²) < 4.78 is 0. The van der Waals surface area contributed by atoms with Crippen molar-refractivity contribution in [2.45, 2.75) is 78.6 Å². The van der Waals surface area contributed by atoms with Gasteiger partial charge in [-0.2, -0.15) is 11.3 Å². The van der Waals surface area contributed by atoms with Crippen LogP contribution in [0.2, 0.25) is 0 Å². The molecule has 0 amide bonds. The van der Waals surface area contributed by atoms with E-state index in [9.17, 15) is 0 Å². The van der Waals surface area contributed by atoms with E-state index >= 15 is 0 Å². The first-order valence-corrected chi connectivity index (χ1v) is 8.30. The topological polar surface area (TPSA) is 0 Å². The van der Waals surface area contributed by atoms with Crippen molar-refractivity contribution in [2.24, 2.45) is 0 Å². The third-order valence-electron chi connectivity index (χ3n) is 2.86. The first-order valence-electron chi connectivity index (χ1n) is 7.36. The van der Waals surface area contributed by atoms with Gasteiger partial charge in [0.1, 0.15) is 0 Å². The van der Waals surface area contributed by atoms with Crippen LogP contribution in [-0.2, 0) is 6.42 Å². The van der Waals surface area contributed by atoms with Gasteiger partial charge in [0, 0.05) is 0 Å². The Morgan fingerprint density at radius 1 is 0.824 bits per heavy atom. The summed E-state index contributed by atoms with van der Waals surface area (Å²) in [6.45, 7) is 6.72. The van der Waals surface area contributed by atoms with Gasteiger partial charge < -0.3 is 0 Å². The summed E-state index contributed by atoms with van der Waals surface area (Å²) in [6, 6.07) is 2.23. The van der Waals surface area contributed by atoms with Crippen LogP contribution in [0.25, 0.3) is 0 Å². The minimum absolute atomic E-state index is 1.28. The van der Waals surface area contributed by atoms with Crippen LogP contribution in [0.3, 0.4) is 0 Å². The van der Waals surface area contributed by atoms with E-state index in [-0.39, 0.29) is 0 Å². The lowest BCUT2D eigenvalue weighted by atomic mass is 10.1. The second-order valence-electron chi connectivity index (χ2n) is 4.65. The van der Waals surface area contributed by atoms with Crippen molar-refractivity contribution in [1.29, 1.82) is 0 Å². The van der Waals surface area contributed by atoms with E-state index in [1.165, 1.54) is 63.4 Å². The molecule has 0 saturated carbocycles. The van der Waals surface area contributed by atoms with Gasteiger partial charge in [-0.1, -0.05) is 65.7 Å². The molecule has 1 aromatic heterocycles. The van der Waals surface area contributed by atoms with Gasteiger partial charge in [-0.25, -0.2) is 0 Å². The van der Waals surface area contributed by atoms with Crippen LogP contribution in [0.4, 0.5) is 0 Å². The SMILES string of the molecule is CCCCCC.CCCCCCc1ccsc1. The fourth-order valence-electron chi connectivity index (χ4n) is 1.69. The van der Waals surface area contributed by atoms with Crippen molar-refractivity contribution in [2.75, 3.05) is 0 Å². The van der Waals surface area contributed by atoms with Gasteiger partial charge in [0.2, 0.25) is 0 Å². The number of thiophene rings is 1. The Hall–Kier alpha value is -0.300. The Balaban J connectivity index is 0.000000366. The lowest BCUT2D eigenvalue weighted by Crippen LogP contribution is -1.81. The minimum Gasteiger partial charge on any atom is -0.152 e. The van der Waals surface area contributed by atoms with Crippen LogP contribution in [0.15, 0.2) is 16.8 Å². The van der Waals surface area contributed by atoms with E-state index in [2.05, 4.69) is 37.6 Å². The number of rotatable bonds is 8. The van der Waals surface area contributed by atoms with Gasteiger partial charge in [-0.3, -0.25) is 0 Å². The maximum atomic E-state index is 2.26. The molecule has 0 unspecified atom stereocenters. The van der Waals surface area contributed by atoms with Crippen molar-refractivity contribution in [3.8, 4) is 0 Å². The van der Waals surface area contributed by atoms with Crippen LogP contribution >= 0.6 is 11.3 Å². The summed E-state index contributed by atoms with van der Waals surface area (Å²) in [6.07, 6.45) is 12.3. The zero-order valence-corrected chi connectivity index (χ0v) is 12.8. The van der Waals surface area contributed by atoms with Gasteiger partial charge in [-0.15, -0.1) is 0 Å². The molecule has 0 N–H and O–H groups in total. The molecule has 0 spiro atoms. The van der Waals surface area contributed by atoms with Crippen LogP contribution in [-0.4, -0.2) is 0 Å². The molecular weight excluding hydrogens is 224 g/mol. The fraction of sp³-hybridized carbons (Fsp3) is 0.750. The standard InChI is InChI=1S/C10H16S.C6H14/c1-2-3-4-5-6-10-7-8-11-9-10;1-3-5-6-4-2/h7-9H,2-6H2,1H3;3-6H2,1-2H3. The molecule has 0 fully saturated rings. The molecule has 0 aliphatic carbocycles. The van der Waals surface area contributed by atoms with Crippen LogP contribution in [0.1, 0.15) is 77.7 Å². The van der Waals surface area contributed by atoms with Crippen molar-refractivity contribution >= 4 is 11.3 Å². The van der Waals surface area contributed by atoms with Gasteiger partial charge in [0.15, 0.2) is 0 Å². The zero-order valence-electron chi connectivity index (χ0n) is 12.0. The molecule has 0 aliphatic rings. The second-order valence-corrected chi connectivity index (χ2v) is 5.43. The Kier molecular flexibility index (Phi) is 13.5. The Morgan fingerprint density at radius 3 is 1.88 bits per heavy atom. The highest BCUT2D eigenvalue weighted by Crippen LogP contribution is 2.10. The lowest BCUT2D eigenvalue weighted by Gasteiger charge is -1.96. The Labute approximate surface area is 112 Å². The monoisotopic (exact) mass is 254 g/mol. The largest absolute Gasteiger partial charge is 0.152 e. The molecule has 1 heteroatoms. The Morgan fingerprint density at radius 2 is 1.41 bits per heavy atom. The van der Waals surface area contributed by atoms with E-state index < -0.39 is 0 Å². The third-order valence-corrected chi connectivity index (χ3v) is 3.59. The molecule has 100 valence electrons. The highest BCUT2D eigenvalue weighted by atomic mass is 32.1. The van der Waals surface area contributed by atoms with Crippen molar-refractivity contribution < 1.29 is 0 Å². The smallest absolute Gasteiger partial charge is 0.00613 e. The summed E-state index contributed by atoms with van der Waals surface area (Å²) in [5.41, 5.74) is 1.52. The number of aryl methyl sites for hydroxylation is 1. The highest BCUT2D eigenvalue weighted by Gasteiger charge is 1.91. The van der Waals surface area contributed by atoms with Gasteiger partial charge >= 0.3 is 0 Å².